The smallest absolute Gasteiger partial charge is 0.271 e. The summed E-state index contributed by atoms with van der Waals surface area (Å²) in [6, 6.07) is 13.1. The quantitative estimate of drug-likeness (QED) is 0.437. The predicted molar refractivity (Wildman–Crippen MR) is 106 cm³/mol. The van der Waals surface area contributed by atoms with E-state index in [9.17, 15) is 20.2 Å². The number of nitro benzene ring substituents is 2. The molecule has 0 fully saturated rings. The van der Waals surface area contributed by atoms with Crippen molar-refractivity contribution in [2.75, 3.05) is 5.43 Å². The molecular formula is C19H20N4O4. The zero-order valence-electron chi connectivity index (χ0n) is 15.2. The lowest BCUT2D eigenvalue weighted by Gasteiger charge is -2.18. The van der Waals surface area contributed by atoms with Crippen LogP contribution in [0.3, 0.4) is 0 Å². The van der Waals surface area contributed by atoms with Gasteiger partial charge in [-0.25, -0.2) is 0 Å². The average molecular weight is 368 g/mol. The number of rotatable bonds is 6. The third-order valence-electron chi connectivity index (χ3n) is 3.69. The fourth-order valence-corrected chi connectivity index (χ4v) is 2.19. The van der Waals surface area contributed by atoms with Crippen molar-refractivity contribution < 1.29 is 9.85 Å². The number of non-ortho nitro benzene ring substituents is 1. The fourth-order valence-electron chi connectivity index (χ4n) is 2.19. The van der Waals surface area contributed by atoms with Gasteiger partial charge >= 0.3 is 5.69 Å². The van der Waals surface area contributed by atoms with Crippen LogP contribution in [0.1, 0.15) is 26.3 Å². The van der Waals surface area contributed by atoms with E-state index in [1.54, 1.807) is 0 Å². The molecule has 2 aromatic rings. The number of nitrogens with zero attached hydrogens (tertiary/aromatic N) is 3. The average Bonchev–Trinajstić information content (AvgIpc) is 2.61. The van der Waals surface area contributed by atoms with Crippen LogP contribution >= 0.6 is 0 Å². The maximum Gasteiger partial charge on any atom is 0.301 e. The number of hydrogen-bond donors (Lipinski definition) is 1. The molecule has 8 nitrogen and oxygen atoms in total. The molecule has 0 aromatic heterocycles. The van der Waals surface area contributed by atoms with E-state index >= 15 is 0 Å². The van der Waals surface area contributed by atoms with Gasteiger partial charge in [0.2, 0.25) is 0 Å². The van der Waals surface area contributed by atoms with E-state index in [1.807, 2.05) is 63.3 Å². The third-order valence-corrected chi connectivity index (χ3v) is 3.69. The van der Waals surface area contributed by atoms with E-state index in [2.05, 4.69) is 10.5 Å². The van der Waals surface area contributed by atoms with E-state index in [-0.39, 0.29) is 16.8 Å². The van der Waals surface area contributed by atoms with Crippen molar-refractivity contribution in [3.05, 3.63) is 80.4 Å². The summed E-state index contributed by atoms with van der Waals surface area (Å²) in [5, 5.41) is 26.4. The van der Waals surface area contributed by atoms with Crippen molar-refractivity contribution in [1.29, 1.82) is 0 Å². The standard InChI is InChI=1S/C19H20N4O4/c1-19(2,3)18(12-9-14-7-5-4-6-8-14)21-20-16-11-10-15(22(24)25)13-17(16)23(26)27/h4-13,20H,1-3H3. The summed E-state index contributed by atoms with van der Waals surface area (Å²) in [6.07, 6.45) is 3.73. The third kappa shape index (κ3) is 5.46. The molecule has 2 rings (SSSR count). The molecule has 1 N–H and O–H groups in total. The predicted octanol–water partition coefficient (Wildman–Crippen LogP) is 5.03. The first kappa shape index (κ1) is 19.8. The molecule has 0 amide bonds. The summed E-state index contributed by atoms with van der Waals surface area (Å²) < 4.78 is 0. The highest BCUT2D eigenvalue weighted by Crippen LogP contribution is 2.29. The Morgan fingerprint density at radius 2 is 1.70 bits per heavy atom. The van der Waals surface area contributed by atoms with Crippen LogP contribution in [0.15, 0.2) is 59.7 Å². The highest BCUT2D eigenvalue weighted by Gasteiger charge is 2.21. The molecule has 0 radical (unpaired) electrons. The highest BCUT2D eigenvalue weighted by molar-refractivity contribution is 6.02. The van der Waals surface area contributed by atoms with Crippen LogP contribution in [-0.2, 0) is 0 Å². The summed E-state index contributed by atoms with van der Waals surface area (Å²) >= 11 is 0. The molecule has 140 valence electrons. The van der Waals surface area contributed by atoms with Gasteiger partial charge in [-0.2, -0.15) is 5.10 Å². The lowest BCUT2D eigenvalue weighted by atomic mass is 9.89. The summed E-state index contributed by atoms with van der Waals surface area (Å²) in [5.41, 5.74) is 3.34. The molecule has 2 aromatic carbocycles. The molecule has 0 heterocycles. The Balaban J connectivity index is 2.35. The zero-order valence-corrected chi connectivity index (χ0v) is 15.2. The van der Waals surface area contributed by atoms with Crippen LogP contribution in [0.2, 0.25) is 0 Å². The second-order valence-electron chi connectivity index (χ2n) is 6.82. The van der Waals surface area contributed by atoms with Gasteiger partial charge in [-0.3, -0.25) is 25.7 Å². The number of hydrazone groups is 1. The Morgan fingerprint density at radius 1 is 1.04 bits per heavy atom. The Hall–Kier alpha value is -3.55. The first-order chi connectivity index (χ1) is 12.7. The molecular weight excluding hydrogens is 348 g/mol. The number of allylic oxidation sites excluding steroid dienone is 1. The molecule has 0 aliphatic rings. The topological polar surface area (TPSA) is 111 Å². The Labute approximate surface area is 156 Å². The largest absolute Gasteiger partial charge is 0.301 e. The molecule has 0 saturated heterocycles. The van der Waals surface area contributed by atoms with Gasteiger partial charge < -0.3 is 0 Å². The maximum absolute atomic E-state index is 11.2. The van der Waals surface area contributed by atoms with Gasteiger partial charge in [0, 0.05) is 11.5 Å². The second-order valence-corrected chi connectivity index (χ2v) is 6.82. The van der Waals surface area contributed by atoms with Gasteiger partial charge in [-0.15, -0.1) is 0 Å². The Bertz CT molecular complexity index is 900. The van der Waals surface area contributed by atoms with Gasteiger partial charge in [0.15, 0.2) is 0 Å². The molecule has 0 bridgehead atoms. The monoisotopic (exact) mass is 368 g/mol. The van der Waals surface area contributed by atoms with Crippen LogP contribution in [0.5, 0.6) is 0 Å². The van der Waals surface area contributed by atoms with Crippen molar-refractivity contribution in [2.24, 2.45) is 10.5 Å². The van der Waals surface area contributed by atoms with E-state index in [4.69, 9.17) is 0 Å². The lowest BCUT2D eigenvalue weighted by molar-refractivity contribution is -0.393. The SMILES string of the molecule is CC(C)(C)C(C=Cc1ccccc1)=NNc1ccc([N+](=O)[O-])cc1[N+](=O)[O-]. The molecule has 0 unspecified atom stereocenters. The molecule has 0 atom stereocenters. The maximum atomic E-state index is 11.2. The van der Waals surface area contributed by atoms with Gasteiger partial charge in [0.25, 0.3) is 5.69 Å². The first-order valence-electron chi connectivity index (χ1n) is 8.18. The summed E-state index contributed by atoms with van der Waals surface area (Å²) in [7, 11) is 0. The van der Waals surface area contributed by atoms with Crippen molar-refractivity contribution in [1.82, 2.24) is 0 Å². The molecule has 0 aliphatic heterocycles. The van der Waals surface area contributed by atoms with Crippen molar-refractivity contribution in [2.45, 2.75) is 20.8 Å². The summed E-state index contributed by atoms with van der Waals surface area (Å²) in [5.74, 6) is 0. The Kier molecular flexibility index (Phi) is 6.02. The number of hydrogen-bond acceptors (Lipinski definition) is 6. The van der Waals surface area contributed by atoms with E-state index in [0.717, 1.165) is 11.6 Å². The summed E-state index contributed by atoms with van der Waals surface area (Å²) in [6.45, 7) is 5.90. The summed E-state index contributed by atoms with van der Waals surface area (Å²) in [4.78, 5) is 20.7. The van der Waals surface area contributed by atoms with Crippen LogP contribution in [0.25, 0.3) is 6.08 Å². The molecule has 8 heteroatoms. The minimum Gasteiger partial charge on any atom is -0.271 e. The van der Waals surface area contributed by atoms with Gasteiger partial charge in [-0.05, 0) is 17.7 Å². The van der Waals surface area contributed by atoms with Crippen molar-refractivity contribution >= 4 is 28.8 Å². The minimum absolute atomic E-state index is 0.0838. The molecule has 27 heavy (non-hydrogen) atoms. The first-order valence-corrected chi connectivity index (χ1v) is 8.18. The van der Waals surface area contributed by atoms with Crippen molar-refractivity contribution in [3.63, 3.8) is 0 Å². The number of nitro groups is 2. The molecule has 0 aliphatic carbocycles. The van der Waals surface area contributed by atoms with Crippen LogP contribution in [0.4, 0.5) is 17.1 Å². The van der Waals surface area contributed by atoms with Gasteiger partial charge in [-0.1, -0.05) is 57.2 Å². The van der Waals surface area contributed by atoms with Crippen molar-refractivity contribution in [3.8, 4) is 0 Å². The lowest BCUT2D eigenvalue weighted by Crippen LogP contribution is -2.19. The number of anilines is 1. The van der Waals surface area contributed by atoms with Crippen LogP contribution in [-0.4, -0.2) is 15.6 Å². The van der Waals surface area contributed by atoms with E-state index < -0.39 is 15.5 Å². The second kappa shape index (κ2) is 8.22. The van der Waals surface area contributed by atoms with E-state index in [1.165, 1.54) is 12.1 Å². The zero-order chi connectivity index (χ0) is 20.0. The Morgan fingerprint density at radius 3 is 2.26 bits per heavy atom. The number of benzene rings is 2. The fraction of sp³-hybridized carbons (Fsp3) is 0.211. The molecule has 0 spiro atoms. The normalized spacial score (nSPS) is 12.2. The minimum atomic E-state index is -0.679. The van der Waals surface area contributed by atoms with Gasteiger partial charge in [0.1, 0.15) is 5.69 Å². The van der Waals surface area contributed by atoms with E-state index in [0.29, 0.717) is 5.71 Å². The number of nitrogens with one attached hydrogen (secondary N) is 1. The van der Waals surface area contributed by atoms with Gasteiger partial charge in [0.05, 0.1) is 21.6 Å². The highest BCUT2D eigenvalue weighted by atomic mass is 16.6. The van der Waals surface area contributed by atoms with Crippen LogP contribution < -0.4 is 5.43 Å². The van der Waals surface area contributed by atoms with Crippen LogP contribution in [0, 0.1) is 25.6 Å². The molecule has 0 saturated carbocycles.